The monoisotopic (exact) mass is 492 g/mol. The van der Waals surface area contributed by atoms with Gasteiger partial charge in [-0.2, -0.15) is 0 Å². The number of benzene rings is 3. The number of amides is 2. The van der Waals surface area contributed by atoms with Crippen LogP contribution in [0.25, 0.3) is 6.08 Å². The van der Waals surface area contributed by atoms with E-state index in [9.17, 15) is 14.0 Å². The van der Waals surface area contributed by atoms with E-state index in [1.165, 1.54) is 40.9 Å². The van der Waals surface area contributed by atoms with Crippen LogP contribution in [0.4, 0.5) is 15.8 Å². The van der Waals surface area contributed by atoms with Crippen LogP contribution in [0.1, 0.15) is 16.7 Å². The zero-order valence-corrected chi connectivity index (χ0v) is 20.1. The number of rotatable bonds is 6. The Labute approximate surface area is 206 Å². The Morgan fingerprint density at radius 1 is 1.09 bits per heavy atom. The van der Waals surface area contributed by atoms with Crippen LogP contribution in [0.5, 0.6) is 5.75 Å². The molecule has 0 atom stereocenters. The zero-order chi connectivity index (χ0) is 24.2. The van der Waals surface area contributed by atoms with Crippen LogP contribution >= 0.6 is 24.0 Å². The predicted octanol–water partition coefficient (Wildman–Crippen LogP) is 5.87. The normalized spacial score (nSPS) is 14.6. The van der Waals surface area contributed by atoms with Gasteiger partial charge in [0.05, 0.1) is 10.6 Å². The molecule has 34 heavy (non-hydrogen) atoms. The molecule has 0 radical (unpaired) electrons. The SMILES string of the molecule is Cc1ccc(NC(=O)COc2cccc(/C=C3\SC(=S)N(c4ccc(F)cc4)C3=O)c2)cc1C. The van der Waals surface area contributed by atoms with Gasteiger partial charge in [-0.15, -0.1) is 0 Å². The number of nitrogens with zero attached hydrogens (tertiary/aromatic N) is 1. The number of nitrogens with one attached hydrogen (secondary N) is 1. The number of anilines is 2. The van der Waals surface area contributed by atoms with E-state index in [4.69, 9.17) is 17.0 Å². The summed E-state index contributed by atoms with van der Waals surface area (Å²) in [6.45, 7) is 3.85. The standard InChI is InChI=1S/C26H21FN2O3S2/c1-16-6-9-20(12-17(16)2)28-24(30)15-32-22-5-3-4-18(13-22)14-23-25(31)29(26(33)34-23)21-10-7-19(27)8-11-21/h3-14H,15H2,1-2H3,(H,28,30)/b23-14-. The van der Waals surface area contributed by atoms with Gasteiger partial charge in [-0.1, -0.05) is 42.2 Å². The molecule has 1 aliphatic heterocycles. The smallest absolute Gasteiger partial charge is 0.270 e. The number of thiocarbonyl (C=S) groups is 1. The summed E-state index contributed by atoms with van der Waals surface area (Å²) in [7, 11) is 0. The van der Waals surface area contributed by atoms with E-state index in [0.717, 1.165) is 16.7 Å². The first-order valence-electron chi connectivity index (χ1n) is 10.4. The first kappa shape index (κ1) is 23.7. The van der Waals surface area contributed by atoms with E-state index in [-0.39, 0.29) is 24.2 Å². The molecule has 0 aromatic heterocycles. The summed E-state index contributed by atoms with van der Waals surface area (Å²) in [6, 6.07) is 18.4. The lowest BCUT2D eigenvalue weighted by Gasteiger charge is -2.14. The average Bonchev–Trinajstić information content (AvgIpc) is 3.08. The fourth-order valence-electron chi connectivity index (χ4n) is 3.29. The zero-order valence-electron chi connectivity index (χ0n) is 18.5. The summed E-state index contributed by atoms with van der Waals surface area (Å²) in [4.78, 5) is 27.0. The van der Waals surface area contributed by atoms with Crippen LogP contribution in [0.15, 0.2) is 71.6 Å². The fraction of sp³-hybridized carbons (Fsp3) is 0.115. The lowest BCUT2D eigenvalue weighted by atomic mass is 10.1. The van der Waals surface area contributed by atoms with Crippen LogP contribution < -0.4 is 15.0 Å². The Morgan fingerprint density at radius 2 is 1.85 bits per heavy atom. The minimum absolute atomic E-state index is 0.150. The maximum absolute atomic E-state index is 13.2. The molecule has 2 amide bonds. The van der Waals surface area contributed by atoms with E-state index in [0.29, 0.717) is 26.3 Å². The van der Waals surface area contributed by atoms with Crippen molar-refractivity contribution in [2.45, 2.75) is 13.8 Å². The minimum Gasteiger partial charge on any atom is -0.484 e. The summed E-state index contributed by atoms with van der Waals surface area (Å²) in [5.41, 5.74) is 4.20. The second-order valence-electron chi connectivity index (χ2n) is 7.70. The quantitative estimate of drug-likeness (QED) is 0.345. The molecular formula is C26H21FN2O3S2. The molecule has 0 bridgehead atoms. The lowest BCUT2D eigenvalue weighted by molar-refractivity contribution is -0.118. The molecule has 1 aliphatic rings. The van der Waals surface area contributed by atoms with Crippen LogP contribution in [0.2, 0.25) is 0 Å². The number of ether oxygens (including phenoxy) is 1. The van der Waals surface area contributed by atoms with Gasteiger partial charge in [-0.25, -0.2) is 4.39 Å². The van der Waals surface area contributed by atoms with Crippen molar-refractivity contribution in [2.75, 3.05) is 16.8 Å². The molecule has 1 saturated heterocycles. The van der Waals surface area contributed by atoms with Crippen molar-refractivity contribution < 1.29 is 18.7 Å². The molecule has 3 aromatic carbocycles. The van der Waals surface area contributed by atoms with Crippen molar-refractivity contribution in [1.29, 1.82) is 0 Å². The van der Waals surface area contributed by atoms with E-state index >= 15 is 0 Å². The average molecular weight is 493 g/mol. The Hall–Kier alpha value is -3.49. The van der Waals surface area contributed by atoms with Crippen molar-refractivity contribution in [2.24, 2.45) is 0 Å². The first-order valence-corrected chi connectivity index (χ1v) is 11.7. The molecule has 0 unspecified atom stereocenters. The number of hydrogen-bond donors (Lipinski definition) is 1. The summed E-state index contributed by atoms with van der Waals surface area (Å²) >= 11 is 6.53. The van der Waals surface area contributed by atoms with Crippen molar-refractivity contribution in [3.05, 3.63) is 94.1 Å². The molecule has 1 heterocycles. The van der Waals surface area contributed by atoms with Gasteiger partial charge in [0.15, 0.2) is 10.9 Å². The molecule has 8 heteroatoms. The van der Waals surface area contributed by atoms with Gasteiger partial charge in [-0.3, -0.25) is 14.5 Å². The van der Waals surface area contributed by atoms with Crippen LogP contribution in [0, 0.1) is 19.7 Å². The fourth-order valence-corrected chi connectivity index (χ4v) is 4.59. The van der Waals surface area contributed by atoms with E-state index in [1.807, 2.05) is 38.1 Å². The number of carbonyl (C=O) groups excluding carboxylic acids is 2. The van der Waals surface area contributed by atoms with E-state index in [1.54, 1.807) is 24.3 Å². The first-order chi connectivity index (χ1) is 16.3. The third-order valence-electron chi connectivity index (χ3n) is 5.19. The second kappa shape index (κ2) is 10.2. The lowest BCUT2D eigenvalue weighted by Crippen LogP contribution is -2.27. The Kier molecular flexibility index (Phi) is 7.09. The van der Waals surface area contributed by atoms with Gasteiger partial charge in [0.2, 0.25) is 0 Å². The van der Waals surface area contributed by atoms with Gasteiger partial charge in [0, 0.05) is 5.69 Å². The number of hydrogen-bond acceptors (Lipinski definition) is 5. The number of thioether (sulfide) groups is 1. The highest BCUT2D eigenvalue weighted by Crippen LogP contribution is 2.36. The topological polar surface area (TPSA) is 58.6 Å². The Balaban J connectivity index is 1.41. The van der Waals surface area contributed by atoms with Gasteiger partial charge in [0.1, 0.15) is 11.6 Å². The van der Waals surface area contributed by atoms with Gasteiger partial charge in [-0.05, 0) is 85.1 Å². The number of aryl methyl sites for hydroxylation is 2. The number of carbonyl (C=O) groups is 2. The molecule has 1 fully saturated rings. The molecular weight excluding hydrogens is 471 g/mol. The Bertz CT molecular complexity index is 1310. The maximum atomic E-state index is 13.2. The van der Waals surface area contributed by atoms with Crippen molar-refractivity contribution >= 4 is 57.6 Å². The molecule has 0 aliphatic carbocycles. The van der Waals surface area contributed by atoms with E-state index < -0.39 is 0 Å². The van der Waals surface area contributed by atoms with Crippen molar-refractivity contribution in [3.63, 3.8) is 0 Å². The van der Waals surface area contributed by atoms with Gasteiger partial charge >= 0.3 is 0 Å². The summed E-state index contributed by atoms with van der Waals surface area (Å²) in [5, 5.41) is 2.82. The predicted molar refractivity (Wildman–Crippen MR) is 139 cm³/mol. The third kappa shape index (κ3) is 5.52. The number of halogens is 1. The van der Waals surface area contributed by atoms with Crippen LogP contribution in [0.3, 0.4) is 0 Å². The highest BCUT2D eigenvalue weighted by Gasteiger charge is 2.33. The molecule has 3 aromatic rings. The highest BCUT2D eigenvalue weighted by atomic mass is 32.2. The van der Waals surface area contributed by atoms with Crippen molar-refractivity contribution in [3.8, 4) is 5.75 Å². The van der Waals surface area contributed by atoms with Gasteiger partial charge < -0.3 is 10.1 Å². The molecule has 0 spiro atoms. The second-order valence-corrected chi connectivity index (χ2v) is 9.38. The molecule has 1 N–H and O–H groups in total. The summed E-state index contributed by atoms with van der Waals surface area (Å²) in [6.07, 6.45) is 1.71. The van der Waals surface area contributed by atoms with Gasteiger partial charge in [0.25, 0.3) is 11.8 Å². The van der Waals surface area contributed by atoms with Crippen molar-refractivity contribution in [1.82, 2.24) is 0 Å². The highest BCUT2D eigenvalue weighted by molar-refractivity contribution is 8.27. The largest absolute Gasteiger partial charge is 0.484 e. The summed E-state index contributed by atoms with van der Waals surface area (Å²) in [5.74, 6) is -0.434. The van der Waals surface area contributed by atoms with Crippen LogP contribution in [-0.2, 0) is 9.59 Å². The molecule has 0 saturated carbocycles. The molecule has 5 nitrogen and oxygen atoms in total. The van der Waals surface area contributed by atoms with E-state index in [2.05, 4.69) is 5.32 Å². The molecule has 172 valence electrons. The Morgan fingerprint density at radius 3 is 2.59 bits per heavy atom. The minimum atomic E-state index is -0.385. The molecule has 4 rings (SSSR count). The van der Waals surface area contributed by atoms with Crippen LogP contribution in [-0.4, -0.2) is 22.7 Å². The summed E-state index contributed by atoms with van der Waals surface area (Å²) < 4.78 is 19.2. The third-order valence-corrected chi connectivity index (χ3v) is 6.50. The maximum Gasteiger partial charge on any atom is 0.270 e.